The van der Waals surface area contributed by atoms with Gasteiger partial charge in [-0.1, -0.05) is 0 Å². The SMILES string of the molecule is CC1=NC(C)(C)C(C)N1S(=O)(=O)c1ccc([N+](=O)[O-])cc1. The molecule has 21 heavy (non-hydrogen) atoms. The second kappa shape index (κ2) is 4.80. The Hall–Kier alpha value is -1.96. The molecule has 1 atom stereocenters. The zero-order chi connectivity index (χ0) is 16.0. The van der Waals surface area contributed by atoms with Crippen LogP contribution in [0, 0.1) is 10.1 Å². The molecule has 8 heteroatoms. The fraction of sp³-hybridized carbons (Fsp3) is 0.462. The smallest absolute Gasteiger partial charge is 0.264 e. The van der Waals surface area contributed by atoms with E-state index in [1.807, 2.05) is 13.8 Å². The summed E-state index contributed by atoms with van der Waals surface area (Å²) in [6, 6.07) is 4.55. The molecule has 1 aromatic rings. The third-order valence-electron chi connectivity index (χ3n) is 3.75. The Kier molecular flexibility index (Phi) is 3.53. The Morgan fingerprint density at radius 2 is 1.81 bits per heavy atom. The summed E-state index contributed by atoms with van der Waals surface area (Å²) in [5, 5.41) is 10.6. The van der Waals surface area contributed by atoms with Crippen LogP contribution >= 0.6 is 0 Å². The molecular weight excluding hydrogens is 294 g/mol. The third kappa shape index (κ3) is 2.51. The summed E-state index contributed by atoms with van der Waals surface area (Å²) in [7, 11) is -3.77. The fourth-order valence-corrected chi connectivity index (χ4v) is 4.13. The molecule has 0 bridgehead atoms. The normalized spacial score (nSPS) is 21.2. The van der Waals surface area contributed by atoms with Gasteiger partial charge in [0.2, 0.25) is 0 Å². The van der Waals surface area contributed by atoms with Gasteiger partial charge < -0.3 is 0 Å². The summed E-state index contributed by atoms with van der Waals surface area (Å²) in [6.07, 6.45) is 0. The second-order valence-electron chi connectivity index (χ2n) is 5.54. The van der Waals surface area contributed by atoms with Crippen molar-refractivity contribution in [3.05, 3.63) is 34.4 Å². The van der Waals surface area contributed by atoms with Gasteiger partial charge in [-0.15, -0.1) is 0 Å². The van der Waals surface area contributed by atoms with Crippen LogP contribution in [-0.2, 0) is 10.0 Å². The van der Waals surface area contributed by atoms with E-state index in [9.17, 15) is 18.5 Å². The van der Waals surface area contributed by atoms with Crippen molar-refractivity contribution in [3.63, 3.8) is 0 Å². The Morgan fingerprint density at radius 1 is 1.29 bits per heavy atom. The van der Waals surface area contributed by atoms with Crippen molar-refractivity contribution in [1.82, 2.24) is 4.31 Å². The third-order valence-corrected chi connectivity index (χ3v) is 5.71. The van der Waals surface area contributed by atoms with Gasteiger partial charge in [0.05, 0.1) is 21.4 Å². The van der Waals surface area contributed by atoms with E-state index in [-0.39, 0.29) is 16.6 Å². The average molecular weight is 311 g/mol. The fourth-order valence-electron chi connectivity index (χ4n) is 2.36. The van der Waals surface area contributed by atoms with Crippen molar-refractivity contribution in [1.29, 1.82) is 0 Å². The van der Waals surface area contributed by atoms with E-state index in [1.54, 1.807) is 13.8 Å². The van der Waals surface area contributed by atoms with Crippen LogP contribution in [0.5, 0.6) is 0 Å². The number of amidine groups is 1. The van der Waals surface area contributed by atoms with E-state index in [0.717, 1.165) is 0 Å². The highest BCUT2D eigenvalue weighted by Gasteiger charge is 2.43. The van der Waals surface area contributed by atoms with Gasteiger partial charge in [0.25, 0.3) is 15.7 Å². The van der Waals surface area contributed by atoms with Gasteiger partial charge in [-0.25, -0.2) is 12.7 Å². The number of nitro groups is 1. The number of sulfonamides is 1. The molecular formula is C13H17N3O4S. The first-order chi connectivity index (χ1) is 9.57. The maximum Gasteiger partial charge on any atom is 0.269 e. The number of hydrogen-bond acceptors (Lipinski definition) is 5. The number of non-ortho nitro benzene ring substituents is 1. The monoisotopic (exact) mass is 311 g/mol. The molecule has 0 spiro atoms. The summed E-state index contributed by atoms with van der Waals surface area (Å²) in [5.74, 6) is 0.422. The summed E-state index contributed by atoms with van der Waals surface area (Å²) >= 11 is 0. The van der Waals surface area contributed by atoms with Gasteiger partial charge in [0.1, 0.15) is 5.84 Å². The van der Waals surface area contributed by atoms with Gasteiger partial charge in [0.15, 0.2) is 0 Å². The van der Waals surface area contributed by atoms with Crippen molar-refractivity contribution in [2.45, 2.75) is 44.2 Å². The number of benzene rings is 1. The maximum absolute atomic E-state index is 12.7. The van der Waals surface area contributed by atoms with Gasteiger partial charge in [-0.3, -0.25) is 15.1 Å². The summed E-state index contributed by atoms with van der Waals surface area (Å²) in [4.78, 5) is 14.5. The average Bonchev–Trinajstić information content (AvgIpc) is 2.58. The number of nitro benzene ring substituents is 1. The van der Waals surface area contributed by atoms with E-state index in [4.69, 9.17) is 0 Å². The topological polar surface area (TPSA) is 92.9 Å². The van der Waals surface area contributed by atoms with Crippen LogP contribution in [0.4, 0.5) is 5.69 Å². The van der Waals surface area contributed by atoms with Crippen molar-refractivity contribution >= 4 is 21.5 Å². The summed E-state index contributed by atoms with van der Waals surface area (Å²) in [6.45, 7) is 7.18. The van der Waals surface area contributed by atoms with Gasteiger partial charge >= 0.3 is 0 Å². The molecule has 0 fully saturated rings. The van der Waals surface area contributed by atoms with Crippen molar-refractivity contribution in [3.8, 4) is 0 Å². The molecule has 0 saturated heterocycles. The minimum absolute atomic E-state index is 0.0206. The lowest BCUT2D eigenvalue weighted by atomic mass is 9.99. The standard InChI is InChI=1S/C13H17N3O4S/c1-9-13(3,4)14-10(2)15(9)21(19,20)12-7-5-11(6-8-12)16(17)18/h5-9H,1-4H3. The lowest BCUT2D eigenvalue weighted by Gasteiger charge is -2.29. The van der Waals surface area contributed by atoms with Crippen molar-refractivity contribution < 1.29 is 13.3 Å². The molecule has 1 aliphatic heterocycles. The molecule has 0 aromatic heterocycles. The van der Waals surface area contributed by atoms with Crippen LogP contribution in [0.1, 0.15) is 27.7 Å². The Morgan fingerprint density at radius 3 is 2.19 bits per heavy atom. The first-order valence-electron chi connectivity index (χ1n) is 6.43. The highest BCUT2D eigenvalue weighted by molar-refractivity contribution is 7.89. The quantitative estimate of drug-likeness (QED) is 0.631. The predicted octanol–water partition coefficient (Wildman–Crippen LogP) is 2.18. The molecule has 2 rings (SSSR count). The van der Waals surface area contributed by atoms with E-state index in [0.29, 0.717) is 5.84 Å². The summed E-state index contributed by atoms with van der Waals surface area (Å²) in [5.41, 5.74) is -0.646. The molecule has 0 saturated carbocycles. The molecule has 0 N–H and O–H groups in total. The molecule has 1 unspecified atom stereocenters. The zero-order valence-corrected chi connectivity index (χ0v) is 13.1. The highest BCUT2D eigenvalue weighted by atomic mass is 32.2. The van der Waals surface area contributed by atoms with E-state index >= 15 is 0 Å². The minimum Gasteiger partial charge on any atom is -0.264 e. The van der Waals surface area contributed by atoms with Crippen LogP contribution < -0.4 is 0 Å². The Balaban J connectivity index is 2.44. The van der Waals surface area contributed by atoms with Crippen LogP contribution in [0.25, 0.3) is 0 Å². The molecule has 114 valence electrons. The molecule has 1 aromatic carbocycles. The largest absolute Gasteiger partial charge is 0.269 e. The van der Waals surface area contributed by atoms with Crippen LogP contribution in [0.3, 0.4) is 0 Å². The predicted molar refractivity (Wildman–Crippen MR) is 78.8 cm³/mol. The van der Waals surface area contributed by atoms with E-state index in [2.05, 4.69) is 4.99 Å². The number of rotatable bonds is 3. The number of aliphatic imine (C=N–C) groups is 1. The number of hydrogen-bond donors (Lipinski definition) is 0. The molecule has 1 aliphatic rings. The molecule has 1 heterocycles. The Labute approximate surface area is 123 Å². The lowest BCUT2D eigenvalue weighted by molar-refractivity contribution is -0.384. The minimum atomic E-state index is -3.77. The maximum atomic E-state index is 12.7. The second-order valence-corrected chi connectivity index (χ2v) is 7.36. The van der Waals surface area contributed by atoms with Gasteiger partial charge in [0, 0.05) is 12.1 Å². The first kappa shape index (κ1) is 15.4. The zero-order valence-electron chi connectivity index (χ0n) is 12.3. The highest BCUT2D eigenvalue weighted by Crippen LogP contribution is 2.32. The van der Waals surface area contributed by atoms with E-state index < -0.39 is 20.5 Å². The van der Waals surface area contributed by atoms with E-state index in [1.165, 1.54) is 28.6 Å². The van der Waals surface area contributed by atoms with Crippen LogP contribution in [0.2, 0.25) is 0 Å². The first-order valence-corrected chi connectivity index (χ1v) is 7.87. The van der Waals surface area contributed by atoms with Crippen molar-refractivity contribution in [2.24, 2.45) is 4.99 Å². The molecule has 0 amide bonds. The summed E-state index contributed by atoms with van der Waals surface area (Å²) < 4.78 is 26.7. The van der Waals surface area contributed by atoms with Crippen molar-refractivity contribution in [2.75, 3.05) is 0 Å². The van der Waals surface area contributed by atoms with Gasteiger partial charge in [-0.2, -0.15) is 0 Å². The van der Waals surface area contributed by atoms with Crippen LogP contribution in [-0.4, -0.2) is 35.1 Å². The molecule has 7 nitrogen and oxygen atoms in total. The number of nitrogens with zero attached hydrogens (tertiary/aromatic N) is 3. The van der Waals surface area contributed by atoms with Gasteiger partial charge in [-0.05, 0) is 39.8 Å². The molecule has 0 aliphatic carbocycles. The molecule has 0 radical (unpaired) electrons. The van der Waals surface area contributed by atoms with Crippen LogP contribution in [0.15, 0.2) is 34.2 Å². The lowest BCUT2D eigenvalue weighted by Crippen LogP contribution is -2.44. The Bertz CT molecular complexity index is 707.